The minimum atomic E-state index is -0.811. The molecule has 1 amide bonds. The van der Waals surface area contributed by atoms with Crippen LogP contribution in [0.5, 0.6) is 11.5 Å². The molecule has 2 rings (SSSR count). The molecule has 0 aromatic heterocycles. The third-order valence-electron chi connectivity index (χ3n) is 3.25. The lowest BCUT2D eigenvalue weighted by Gasteiger charge is -2.14. The van der Waals surface area contributed by atoms with Crippen molar-refractivity contribution < 1.29 is 18.7 Å². The maximum atomic E-state index is 12.9. The fourth-order valence-electron chi connectivity index (χ4n) is 2.02. The number of hydrogen-bond acceptors (Lipinski definition) is 4. The molecule has 0 aliphatic carbocycles. The van der Waals surface area contributed by atoms with Crippen molar-refractivity contribution in [2.45, 2.75) is 6.61 Å². The fraction of sp³-hybridized carbons (Fsp3) is 0.111. The summed E-state index contributed by atoms with van der Waals surface area (Å²) in [7, 11) is 1.47. The molecule has 0 fully saturated rings. The van der Waals surface area contributed by atoms with Crippen LogP contribution in [0, 0.1) is 17.1 Å². The van der Waals surface area contributed by atoms with Crippen LogP contribution in [0.15, 0.2) is 46.4 Å². The molecule has 25 heavy (non-hydrogen) atoms. The van der Waals surface area contributed by atoms with Gasteiger partial charge in [0.05, 0.1) is 11.6 Å². The van der Waals surface area contributed by atoms with Gasteiger partial charge in [-0.05, 0) is 57.4 Å². The van der Waals surface area contributed by atoms with Gasteiger partial charge in [0.25, 0.3) is 5.91 Å². The minimum absolute atomic E-state index is 0.172. The number of nitrogens with zero attached hydrogens (tertiary/aromatic N) is 1. The van der Waals surface area contributed by atoms with E-state index in [1.54, 1.807) is 30.3 Å². The van der Waals surface area contributed by atoms with E-state index in [9.17, 15) is 9.18 Å². The Morgan fingerprint density at radius 3 is 2.60 bits per heavy atom. The number of halogens is 2. The monoisotopic (exact) mass is 404 g/mol. The number of methoxy groups -OCH3 is 1. The highest BCUT2D eigenvalue weighted by Crippen LogP contribution is 2.37. The highest BCUT2D eigenvalue weighted by Gasteiger charge is 2.13. The number of rotatable bonds is 6. The Labute approximate surface area is 152 Å². The van der Waals surface area contributed by atoms with Crippen molar-refractivity contribution in [1.29, 1.82) is 5.26 Å². The van der Waals surface area contributed by atoms with E-state index >= 15 is 0 Å². The second kappa shape index (κ2) is 8.31. The standard InChI is InChI=1S/C18H14BrFN2O3/c1-24-16-8-12(6-13(9-21)18(22)23)7-15(19)17(16)25-10-11-2-4-14(20)5-3-11/h2-8H,10H2,1H3,(H2,22,23)/b13-6+. The Hall–Kier alpha value is -2.85. The molecule has 0 saturated carbocycles. The molecule has 0 atom stereocenters. The van der Waals surface area contributed by atoms with E-state index in [4.69, 9.17) is 20.5 Å². The zero-order chi connectivity index (χ0) is 18.4. The van der Waals surface area contributed by atoms with Gasteiger partial charge in [0.2, 0.25) is 0 Å². The van der Waals surface area contributed by atoms with Gasteiger partial charge in [0.1, 0.15) is 24.1 Å². The maximum Gasteiger partial charge on any atom is 0.259 e. The number of nitriles is 1. The van der Waals surface area contributed by atoms with Crippen LogP contribution in [0.2, 0.25) is 0 Å². The van der Waals surface area contributed by atoms with Crippen LogP contribution in [0.3, 0.4) is 0 Å². The van der Waals surface area contributed by atoms with E-state index in [0.29, 0.717) is 21.5 Å². The van der Waals surface area contributed by atoms with Crippen LogP contribution < -0.4 is 15.2 Å². The SMILES string of the molecule is COc1cc(/C=C(\C#N)C(N)=O)cc(Br)c1OCc1ccc(F)cc1. The topological polar surface area (TPSA) is 85.3 Å². The second-order valence-electron chi connectivity index (χ2n) is 4.98. The average molecular weight is 405 g/mol. The van der Waals surface area contributed by atoms with E-state index in [1.807, 2.05) is 0 Å². The van der Waals surface area contributed by atoms with Gasteiger partial charge < -0.3 is 15.2 Å². The van der Waals surface area contributed by atoms with Crippen molar-refractivity contribution in [2.24, 2.45) is 5.73 Å². The Bertz CT molecular complexity index is 858. The number of primary amides is 1. The smallest absolute Gasteiger partial charge is 0.259 e. The summed E-state index contributed by atoms with van der Waals surface area (Å²) >= 11 is 3.38. The predicted octanol–water partition coefficient (Wildman–Crippen LogP) is 3.57. The summed E-state index contributed by atoms with van der Waals surface area (Å²) in [6.45, 7) is 0.217. The first-order chi connectivity index (χ1) is 11.9. The Morgan fingerprint density at radius 2 is 2.04 bits per heavy atom. The first kappa shape index (κ1) is 18.5. The number of ether oxygens (including phenoxy) is 2. The molecule has 0 radical (unpaired) electrons. The van der Waals surface area contributed by atoms with E-state index in [0.717, 1.165) is 5.56 Å². The highest BCUT2D eigenvalue weighted by atomic mass is 79.9. The van der Waals surface area contributed by atoms with Crippen LogP contribution in [0.1, 0.15) is 11.1 Å². The molecule has 128 valence electrons. The first-order valence-electron chi connectivity index (χ1n) is 7.11. The van der Waals surface area contributed by atoms with Crippen molar-refractivity contribution in [1.82, 2.24) is 0 Å². The molecule has 2 aromatic carbocycles. The third-order valence-corrected chi connectivity index (χ3v) is 3.83. The third kappa shape index (κ3) is 4.81. The lowest BCUT2D eigenvalue weighted by atomic mass is 10.1. The lowest BCUT2D eigenvalue weighted by molar-refractivity contribution is -0.114. The summed E-state index contributed by atoms with van der Waals surface area (Å²) in [5.41, 5.74) is 6.30. The molecule has 5 nitrogen and oxygen atoms in total. The number of hydrogen-bond donors (Lipinski definition) is 1. The molecule has 0 saturated heterocycles. The molecular weight excluding hydrogens is 391 g/mol. The normalized spacial score (nSPS) is 10.9. The average Bonchev–Trinajstić information content (AvgIpc) is 2.59. The summed E-state index contributed by atoms with van der Waals surface area (Å²) in [6, 6.07) is 11.0. The zero-order valence-corrected chi connectivity index (χ0v) is 14.8. The van der Waals surface area contributed by atoms with Crippen LogP contribution in [-0.4, -0.2) is 13.0 Å². The van der Waals surface area contributed by atoms with Crippen LogP contribution in [-0.2, 0) is 11.4 Å². The summed E-state index contributed by atoms with van der Waals surface area (Å²) in [5.74, 6) is -0.276. The van der Waals surface area contributed by atoms with Gasteiger partial charge in [-0.3, -0.25) is 4.79 Å². The molecule has 0 aliphatic heterocycles. The lowest BCUT2D eigenvalue weighted by Crippen LogP contribution is -2.12. The highest BCUT2D eigenvalue weighted by molar-refractivity contribution is 9.10. The Kier molecular flexibility index (Phi) is 6.14. The molecule has 2 N–H and O–H groups in total. The van der Waals surface area contributed by atoms with Gasteiger partial charge in [-0.2, -0.15) is 5.26 Å². The zero-order valence-electron chi connectivity index (χ0n) is 13.3. The number of nitrogens with two attached hydrogens (primary N) is 1. The van der Waals surface area contributed by atoms with E-state index < -0.39 is 5.91 Å². The summed E-state index contributed by atoms with van der Waals surface area (Å²) < 4.78 is 24.6. The number of benzene rings is 2. The molecule has 0 bridgehead atoms. The summed E-state index contributed by atoms with van der Waals surface area (Å²) in [4.78, 5) is 11.2. The molecule has 0 aliphatic rings. The number of amides is 1. The van der Waals surface area contributed by atoms with E-state index in [1.165, 1.54) is 25.3 Å². The van der Waals surface area contributed by atoms with E-state index in [-0.39, 0.29) is 18.0 Å². The minimum Gasteiger partial charge on any atom is -0.493 e. The molecule has 2 aromatic rings. The largest absolute Gasteiger partial charge is 0.493 e. The van der Waals surface area contributed by atoms with Crippen LogP contribution in [0.4, 0.5) is 4.39 Å². The van der Waals surface area contributed by atoms with E-state index in [2.05, 4.69) is 15.9 Å². The summed E-state index contributed by atoms with van der Waals surface area (Å²) in [6.07, 6.45) is 1.36. The van der Waals surface area contributed by atoms with Gasteiger partial charge in [-0.1, -0.05) is 12.1 Å². The van der Waals surface area contributed by atoms with Crippen molar-refractivity contribution >= 4 is 27.9 Å². The predicted molar refractivity (Wildman–Crippen MR) is 94.2 cm³/mol. The van der Waals surface area contributed by atoms with Gasteiger partial charge in [-0.15, -0.1) is 0 Å². The molecule has 0 spiro atoms. The van der Waals surface area contributed by atoms with Gasteiger partial charge in [0.15, 0.2) is 11.5 Å². The summed E-state index contributed by atoms with van der Waals surface area (Å²) in [5, 5.41) is 8.92. The number of carbonyl (C=O) groups excluding carboxylic acids is 1. The van der Waals surface area contributed by atoms with Gasteiger partial charge >= 0.3 is 0 Å². The Morgan fingerprint density at radius 1 is 1.36 bits per heavy atom. The molecule has 0 heterocycles. The molecule has 7 heteroatoms. The van der Waals surface area contributed by atoms with Crippen molar-refractivity contribution in [2.75, 3.05) is 7.11 Å². The first-order valence-corrected chi connectivity index (χ1v) is 7.90. The van der Waals surface area contributed by atoms with Gasteiger partial charge in [0, 0.05) is 0 Å². The van der Waals surface area contributed by atoms with Gasteiger partial charge in [-0.25, -0.2) is 4.39 Å². The second-order valence-corrected chi connectivity index (χ2v) is 5.84. The van der Waals surface area contributed by atoms with Crippen molar-refractivity contribution in [3.8, 4) is 17.6 Å². The molecule has 0 unspecified atom stereocenters. The van der Waals surface area contributed by atoms with Crippen LogP contribution in [0.25, 0.3) is 6.08 Å². The quantitative estimate of drug-likeness (QED) is 0.588. The molecular formula is C18H14BrFN2O3. The number of carbonyl (C=O) groups is 1. The van der Waals surface area contributed by atoms with Crippen molar-refractivity contribution in [3.05, 3.63) is 63.4 Å². The van der Waals surface area contributed by atoms with Crippen LogP contribution >= 0.6 is 15.9 Å². The Balaban J connectivity index is 2.29. The fourth-order valence-corrected chi connectivity index (χ4v) is 2.60. The van der Waals surface area contributed by atoms with Crippen molar-refractivity contribution in [3.63, 3.8) is 0 Å². The maximum absolute atomic E-state index is 12.9.